The molecule has 0 aliphatic carbocycles. The van der Waals surface area contributed by atoms with Gasteiger partial charge < -0.3 is 9.73 Å². The number of hydrogen-bond donors (Lipinski definition) is 1. The minimum Gasteiger partial charge on any atom is -0.443 e. The largest absolute Gasteiger partial charge is 0.443 e. The summed E-state index contributed by atoms with van der Waals surface area (Å²) >= 11 is 1.73. The van der Waals surface area contributed by atoms with Gasteiger partial charge in [0.2, 0.25) is 0 Å². The van der Waals surface area contributed by atoms with Gasteiger partial charge in [-0.15, -0.1) is 11.8 Å². The van der Waals surface area contributed by atoms with Crippen LogP contribution in [0, 0.1) is 0 Å². The summed E-state index contributed by atoms with van der Waals surface area (Å²) in [4.78, 5) is 5.49. The quantitative estimate of drug-likeness (QED) is 0.825. The zero-order valence-corrected chi connectivity index (χ0v) is 10.9. The number of aromatic nitrogens is 1. The third-order valence-corrected chi connectivity index (χ3v) is 3.28. The Morgan fingerprint density at radius 2 is 2.06 bits per heavy atom. The van der Waals surface area contributed by atoms with Crippen molar-refractivity contribution in [3.63, 3.8) is 0 Å². The van der Waals surface area contributed by atoms with E-state index in [1.54, 1.807) is 11.8 Å². The van der Waals surface area contributed by atoms with E-state index in [4.69, 9.17) is 4.42 Å². The average molecular weight is 248 g/mol. The first-order valence-corrected chi connectivity index (χ1v) is 6.85. The van der Waals surface area contributed by atoms with Gasteiger partial charge in [-0.3, -0.25) is 0 Å². The second-order valence-corrected chi connectivity index (χ2v) is 4.52. The van der Waals surface area contributed by atoms with E-state index in [1.807, 2.05) is 0 Å². The fourth-order valence-corrected chi connectivity index (χ4v) is 2.02. The number of thioether (sulfide) groups is 1. The van der Waals surface area contributed by atoms with Crippen LogP contribution in [0.3, 0.4) is 0 Å². The summed E-state index contributed by atoms with van der Waals surface area (Å²) in [5.41, 5.74) is 2.04. The Morgan fingerprint density at radius 3 is 2.71 bits per heavy atom. The molecule has 2 aromatic rings. The second kappa shape index (κ2) is 5.89. The van der Waals surface area contributed by atoms with Gasteiger partial charge >= 0.3 is 0 Å². The Balaban J connectivity index is 2.23. The Morgan fingerprint density at radius 1 is 1.29 bits per heavy atom. The highest BCUT2D eigenvalue weighted by molar-refractivity contribution is 7.98. The van der Waals surface area contributed by atoms with E-state index in [0.29, 0.717) is 0 Å². The van der Waals surface area contributed by atoms with Gasteiger partial charge in [0, 0.05) is 17.0 Å². The molecular formula is C13H16N2OS. The number of oxazole rings is 1. The maximum Gasteiger partial charge on any atom is 0.181 e. The van der Waals surface area contributed by atoms with Crippen molar-refractivity contribution >= 4 is 11.8 Å². The predicted octanol–water partition coefficient (Wildman–Crippen LogP) is 3.17. The van der Waals surface area contributed by atoms with Crippen LogP contribution in [0.5, 0.6) is 0 Å². The predicted molar refractivity (Wildman–Crippen MR) is 71.1 cm³/mol. The molecule has 0 saturated carbocycles. The van der Waals surface area contributed by atoms with E-state index in [0.717, 1.165) is 30.1 Å². The van der Waals surface area contributed by atoms with Crippen LogP contribution in [-0.4, -0.2) is 17.8 Å². The van der Waals surface area contributed by atoms with Crippen molar-refractivity contribution in [2.24, 2.45) is 0 Å². The van der Waals surface area contributed by atoms with Crippen LogP contribution in [0.2, 0.25) is 0 Å². The topological polar surface area (TPSA) is 38.1 Å². The monoisotopic (exact) mass is 248 g/mol. The molecule has 1 N–H and O–H groups in total. The van der Waals surface area contributed by atoms with E-state index < -0.39 is 0 Å². The van der Waals surface area contributed by atoms with Crippen molar-refractivity contribution in [2.45, 2.75) is 18.4 Å². The molecule has 0 unspecified atom stereocenters. The first-order valence-electron chi connectivity index (χ1n) is 5.62. The zero-order chi connectivity index (χ0) is 12.1. The SMILES string of the molecule is CCNCc1ncoc1-c1ccc(SC)cc1. The van der Waals surface area contributed by atoms with Crippen LogP contribution in [0.1, 0.15) is 12.6 Å². The Bertz CT molecular complexity index is 465. The molecule has 0 bridgehead atoms. The minimum atomic E-state index is 0.743. The fourth-order valence-electron chi connectivity index (χ4n) is 1.62. The summed E-state index contributed by atoms with van der Waals surface area (Å²) in [5.74, 6) is 0.860. The van der Waals surface area contributed by atoms with E-state index in [9.17, 15) is 0 Å². The maximum absolute atomic E-state index is 5.46. The molecular weight excluding hydrogens is 232 g/mol. The van der Waals surface area contributed by atoms with Crippen LogP contribution in [0.15, 0.2) is 40.0 Å². The number of hydrogen-bond acceptors (Lipinski definition) is 4. The smallest absolute Gasteiger partial charge is 0.181 e. The first-order chi connectivity index (χ1) is 8.35. The fraction of sp³-hybridized carbons (Fsp3) is 0.308. The summed E-state index contributed by atoms with van der Waals surface area (Å²) in [6, 6.07) is 8.34. The van der Waals surface area contributed by atoms with E-state index >= 15 is 0 Å². The van der Waals surface area contributed by atoms with Crippen LogP contribution < -0.4 is 5.32 Å². The standard InChI is InChI=1S/C13H16N2OS/c1-3-14-8-12-13(16-9-15-12)10-4-6-11(17-2)7-5-10/h4-7,9,14H,3,8H2,1-2H3. The summed E-state index contributed by atoms with van der Waals surface area (Å²) in [6.07, 6.45) is 3.57. The average Bonchev–Trinajstić information content (AvgIpc) is 2.84. The zero-order valence-electron chi connectivity index (χ0n) is 10.1. The van der Waals surface area contributed by atoms with E-state index in [2.05, 4.69) is 47.7 Å². The molecule has 0 amide bonds. The van der Waals surface area contributed by atoms with Crippen molar-refractivity contribution in [3.05, 3.63) is 36.4 Å². The summed E-state index contributed by atoms with van der Waals surface area (Å²) in [6.45, 7) is 3.75. The van der Waals surface area contributed by atoms with Gasteiger partial charge in [-0.05, 0) is 24.9 Å². The molecule has 0 aliphatic rings. The van der Waals surface area contributed by atoms with Gasteiger partial charge in [0.25, 0.3) is 0 Å². The third-order valence-electron chi connectivity index (χ3n) is 2.54. The Kier molecular flexibility index (Phi) is 4.23. The van der Waals surface area contributed by atoms with Gasteiger partial charge in [0.1, 0.15) is 5.69 Å². The molecule has 0 spiro atoms. The number of benzene rings is 1. The molecule has 0 radical (unpaired) electrons. The molecule has 1 aromatic carbocycles. The van der Waals surface area contributed by atoms with Crippen molar-refractivity contribution in [3.8, 4) is 11.3 Å². The van der Waals surface area contributed by atoms with Gasteiger partial charge in [-0.25, -0.2) is 4.98 Å². The molecule has 3 nitrogen and oxygen atoms in total. The molecule has 2 rings (SSSR count). The lowest BCUT2D eigenvalue weighted by Crippen LogP contribution is -2.12. The Hall–Kier alpha value is -1.26. The molecule has 0 fully saturated rings. The number of rotatable bonds is 5. The molecule has 4 heteroatoms. The highest BCUT2D eigenvalue weighted by Gasteiger charge is 2.09. The molecule has 0 saturated heterocycles. The minimum absolute atomic E-state index is 0.743. The maximum atomic E-state index is 5.46. The van der Waals surface area contributed by atoms with Gasteiger partial charge in [-0.2, -0.15) is 0 Å². The Labute approximate surface area is 106 Å². The van der Waals surface area contributed by atoms with Gasteiger partial charge in [0.15, 0.2) is 12.2 Å². The van der Waals surface area contributed by atoms with Crippen molar-refractivity contribution in [2.75, 3.05) is 12.8 Å². The first kappa shape index (κ1) is 12.2. The van der Waals surface area contributed by atoms with Crippen molar-refractivity contribution in [1.82, 2.24) is 10.3 Å². The van der Waals surface area contributed by atoms with Gasteiger partial charge in [-0.1, -0.05) is 19.1 Å². The molecule has 1 heterocycles. The van der Waals surface area contributed by atoms with E-state index in [-0.39, 0.29) is 0 Å². The third kappa shape index (κ3) is 2.90. The summed E-state index contributed by atoms with van der Waals surface area (Å²) < 4.78 is 5.46. The lowest BCUT2D eigenvalue weighted by Gasteiger charge is -2.03. The normalized spacial score (nSPS) is 10.7. The molecule has 17 heavy (non-hydrogen) atoms. The van der Waals surface area contributed by atoms with E-state index in [1.165, 1.54) is 11.3 Å². The molecule has 0 aliphatic heterocycles. The van der Waals surface area contributed by atoms with Crippen LogP contribution >= 0.6 is 11.8 Å². The molecule has 90 valence electrons. The molecule has 1 aromatic heterocycles. The summed E-state index contributed by atoms with van der Waals surface area (Å²) in [7, 11) is 0. The lowest BCUT2D eigenvalue weighted by atomic mass is 10.1. The highest BCUT2D eigenvalue weighted by Crippen LogP contribution is 2.25. The molecule has 0 atom stereocenters. The number of nitrogens with zero attached hydrogens (tertiary/aromatic N) is 1. The highest BCUT2D eigenvalue weighted by atomic mass is 32.2. The van der Waals surface area contributed by atoms with Crippen LogP contribution in [0.25, 0.3) is 11.3 Å². The lowest BCUT2D eigenvalue weighted by molar-refractivity contribution is 0.570. The summed E-state index contributed by atoms with van der Waals surface area (Å²) in [5, 5.41) is 3.26. The van der Waals surface area contributed by atoms with Crippen LogP contribution in [0.4, 0.5) is 0 Å². The van der Waals surface area contributed by atoms with Crippen LogP contribution in [-0.2, 0) is 6.54 Å². The van der Waals surface area contributed by atoms with Crippen molar-refractivity contribution in [1.29, 1.82) is 0 Å². The number of nitrogens with one attached hydrogen (secondary N) is 1. The second-order valence-electron chi connectivity index (χ2n) is 3.64. The van der Waals surface area contributed by atoms with Gasteiger partial charge in [0.05, 0.1) is 0 Å². The van der Waals surface area contributed by atoms with Crippen molar-refractivity contribution < 1.29 is 4.42 Å².